The topological polar surface area (TPSA) is 6.48 Å². The summed E-state index contributed by atoms with van der Waals surface area (Å²) in [4.78, 5) is 5.48. The number of hydrogen-bond donors (Lipinski definition) is 0. The Morgan fingerprint density at radius 1 is 0.397 bits per heavy atom. The molecule has 2 heteroatoms. The molecule has 2 heterocycles. The molecular weight excluding hydrogens is 701 g/mol. The number of benzene rings is 7. The van der Waals surface area contributed by atoms with E-state index in [0.717, 1.165) is 0 Å². The molecule has 0 aromatic heterocycles. The van der Waals surface area contributed by atoms with E-state index in [-0.39, 0.29) is 21.9 Å². The summed E-state index contributed by atoms with van der Waals surface area (Å²) < 4.78 is 0. The molecule has 0 spiro atoms. The molecule has 4 atom stereocenters. The van der Waals surface area contributed by atoms with Gasteiger partial charge in [0.05, 0.1) is 11.1 Å². The summed E-state index contributed by atoms with van der Waals surface area (Å²) in [5, 5.41) is 5.27. The van der Waals surface area contributed by atoms with E-state index in [1.54, 1.807) is 0 Å². The zero-order valence-corrected chi connectivity index (χ0v) is 35.3. The molecule has 7 aromatic carbocycles. The number of aryl methyl sites for hydroxylation is 2. The van der Waals surface area contributed by atoms with Gasteiger partial charge in [0.25, 0.3) is 0 Å². The normalized spacial score (nSPS) is 26.1. The lowest BCUT2D eigenvalue weighted by molar-refractivity contribution is 0.195. The van der Waals surface area contributed by atoms with Crippen LogP contribution in [0.2, 0.25) is 0 Å². The maximum atomic E-state index is 2.74. The summed E-state index contributed by atoms with van der Waals surface area (Å²) >= 11 is 0. The van der Waals surface area contributed by atoms with Crippen molar-refractivity contribution in [2.45, 2.75) is 115 Å². The number of anilines is 4. The lowest BCUT2D eigenvalue weighted by Gasteiger charge is -2.50. The Balaban J connectivity index is 1.22. The fourth-order valence-electron chi connectivity index (χ4n) is 12.7. The molecule has 7 aromatic rings. The van der Waals surface area contributed by atoms with Gasteiger partial charge in [0.2, 0.25) is 0 Å². The molecule has 2 aliphatic carbocycles. The Labute approximate surface area is 345 Å². The second-order valence-corrected chi connectivity index (χ2v) is 19.3. The first kappa shape index (κ1) is 35.8. The van der Waals surface area contributed by atoms with Gasteiger partial charge in [-0.2, -0.15) is 0 Å². The first-order valence-electron chi connectivity index (χ1n) is 22.0. The molecule has 2 saturated carbocycles. The van der Waals surface area contributed by atoms with Crippen LogP contribution in [0.4, 0.5) is 22.7 Å². The van der Waals surface area contributed by atoms with Gasteiger partial charge in [-0.15, -0.1) is 0 Å². The first-order valence-corrected chi connectivity index (χ1v) is 22.0. The predicted molar refractivity (Wildman–Crippen MR) is 247 cm³/mol. The Bertz CT molecular complexity index is 2590. The maximum Gasteiger partial charge on any atom is 0.0517 e. The Morgan fingerprint density at radius 3 is 1.19 bits per heavy atom. The van der Waals surface area contributed by atoms with E-state index >= 15 is 0 Å². The molecular formula is C56H56N2. The van der Waals surface area contributed by atoms with Gasteiger partial charge in [-0.3, -0.25) is 0 Å². The first-order chi connectivity index (χ1) is 28.1. The summed E-state index contributed by atoms with van der Waals surface area (Å²) in [6.07, 6.45) is 9.94. The second-order valence-electron chi connectivity index (χ2n) is 19.3. The number of nitrogens with zero attached hydrogens (tertiary/aromatic N) is 2. The van der Waals surface area contributed by atoms with Gasteiger partial charge in [0.15, 0.2) is 0 Å². The highest BCUT2D eigenvalue weighted by Crippen LogP contribution is 2.63. The van der Waals surface area contributed by atoms with Crippen LogP contribution in [0.3, 0.4) is 0 Å². The van der Waals surface area contributed by atoms with Crippen LogP contribution in [0.1, 0.15) is 101 Å². The van der Waals surface area contributed by atoms with Gasteiger partial charge < -0.3 is 9.80 Å². The highest BCUT2D eigenvalue weighted by atomic mass is 15.3. The highest BCUT2D eigenvalue weighted by Gasteiger charge is 2.58. The summed E-state index contributed by atoms with van der Waals surface area (Å²) in [5.74, 6) is 0. The molecule has 2 aliphatic heterocycles. The molecule has 0 amide bonds. The summed E-state index contributed by atoms with van der Waals surface area (Å²) in [6, 6.07) is 52.1. The molecule has 11 rings (SSSR count). The molecule has 0 saturated heterocycles. The third-order valence-corrected chi connectivity index (χ3v) is 16.3. The lowest BCUT2D eigenvalue weighted by Crippen LogP contribution is -2.54. The van der Waals surface area contributed by atoms with Crippen LogP contribution in [0.25, 0.3) is 43.8 Å². The average molecular weight is 757 g/mol. The molecule has 0 radical (unpaired) electrons. The monoisotopic (exact) mass is 756 g/mol. The number of rotatable bonds is 4. The minimum absolute atomic E-state index is 0.00603. The van der Waals surface area contributed by atoms with Crippen LogP contribution in [0.5, 0.6) is 0 Å². The van der Waals surface area contributed by atoms with E-state index < -0.39 is 0 Å². The number of para-hydroxylation sites is 2. The third-order valence-electron chi connectivity index (χ3n) is 16.3. The van der Waals surface area contributed by atoms with Crippen LogP contribution < -0.4 is 9.80 Å². The average Bonchev–Trinajstić information content (AvgIpc) is 3.58. The van der Waals surface area contributed by atoms with Crippen molar-refractivity contribution in [3.63, 3.8) is 0 Å². The van der Waals surface area contributed by atoms with E-state index in [2.05, 4.69) is 185 Å². The van der Waals surface area contributed by atoms with Crippen molar-refractivity contribution in [3.8, 4) is 22.3 Å². The van der Waals surface area contributed by atoms with Gasteiger partial charge in [-0.1, -0.05) is 148 Å². The smallest absolute Gasteiger partial charge is 0.0517 e. The molecule has 58 heavy (non-hydrogen) atoms. The van der Waals surface area contributed by atoms with E-state index in [1.807, 2.05) is 0 Å². The van der Waals surface area contributed by atoms with Crippen molar-refractivity contribution < 1.29 is 0 Å². The number of fused-ring (bicyclic) bond motifs is 8. The standard InChI is InChI=1S/C56H56N2/c1-37-19-23-39(24-20-37)51-43-29-27-42(58-50-18-10-8-16-48(50)54(4)32-12-14-34-56(54,58)6)36-46(43)52(40-25-21-38(2)22-26-40)44-30-28-41(35-45(44)51)57-49-17-9-7-15-47(49)53(3)31-11-13-33-55(53,57)5/h7-10,15-30,35-36H,11-14,31-34H2,1-6H3. The summed E-state index contributed by atoms with van der Waals surface area (Å²) in [6.45, 7) is 14.6. The zero-order valence-electron chi connectivity index (χ0n) is 35.3. The van der Waals surface area contributed by atoms with Crippen LogP contribution in [-0.4, -0.2) is 11.1 Å². The number of hydrogen-bond acceptors (Lipinski definition) is 2. The van der Waals surface area contributed by atoms with Gasteiger partial charge >= 0.3 is 0 Å². The third kappa shape index (κ3) is 4.72. The minimum atomic E-state index is -0.00603. The molecule has 0 bridgehead atoms. The predicted octanol–water partition coefficient (Wildman–Crippen LogP) is 15.4. The Kier molecular flexibility index (Phi) is 7.76. The summed E-state index contributed by atoms with van der Waals surface area (Å²) in [7, 11) is 0. The van der Waals surface area contributed by atoms with Crippen molar-refractivity contribution in [2.24, 2.45) is 0 Å². The van der Waals surface area contributed by atoms with Gasteiger partial charge in [0, 0.05) is 33.6 Å². The van der Waals surface area contributed by atoms with Crippen molar-refractivity contribution in [1.29, 1.82) is 0 Å². The van der Waals surface area contributed by atoms with Gasteiger partial charge in [-0.25, -0.2) is 0 Å². The van der Waals surface area contributed by atoms with Crippen molar-refractivity contribution in [1.82, 2.24) is 0 Å². The van der Waals surface area contributed by atoms with E-state index in [1.165, 1.54) is 140 Å². The SMILES string of the molecule is Cc1ccc(-c2c3ccc(N4c5ccccc5C5(C)CCCCC45C)cc3c(-c3ccc(C)cc3)c3ccc(N4c5ccccc5C5(C)CCCCC45C)cc23)cc1. The Hall–Kier alpha value is -5.34. The zero-order chi connectivity index (χ0) is 39.6. The van der Waals surface area contributed by atoms with Gasteiger partial charge in [-0.05, 0) is 145 Å². The molecule has 290 valence electrons. The largest absolute Gasteiger partial charge is 0.334 e. The van der Waals surface area contributed by atoms with Crippen LogP contribution in [0.15, 0.2) is 133 Å². The molecule has 4 aliphatic rings. The van der Waals surface area contributed by atoms with E-state index in [0.29, 0.717) is 0 Å². The maximum absolute atomic E-state index is 2.74. The quantitative estimate of drug-likeness (QED) is 0.165. The van der Waals surface area contributed by atoms with Crippen LogP contribution in [-0.2, 0) is 10.8 Å². The lowest BCUT2D eigenvalue weighted by atomic mass is 9.61. The second kappa shape index (κ2) is 12.6. The fraction of sp³-hybridized carbons (Fsp3) is 0.321. The molecule has 0 N–H and O–H groups in total. The Morgan fingerprint density at radius 2 is 0.776 bits per heavy atom. The molecule has 4 unspecified atom stereocenters. The summed E-state index contributed by atoms with van der Waals surface area (Å²) in [5.41, 5.74) is 16.3. The van der Waals surface area contributed by atoms with E-state index in [4.69, 9.17) is 0 Å². The van der Waals surface area contributed by atoms with E-state index in [9.17, 15) is 0 Å². The highest BCUT2D eigenvalue weighted by molar-refractivity contribution is 6.22. The van der Waals surface area contributed by atoms with Crippen molar-refractivity contribution in [3.05, 3.63) is 156 Å². The van der Waals surface area contributed by atoms with Gasteiger partial charge in [0.1, 0.15) is 0 Å². The molecule has 2 fully saturated rings. The fourth-order valence-corrected chi connectivity index (χ4v) is 12.7. The molecule has 2 nitrogen and oxygen atoms in total. The van der Waals surface area contributed by atoms with Crippen LogP contribution >= 0.6 is 0 Å². The van der Waals surface area contributed by atoms with Crippen molar-refractivity contribution in [2.75, 3.05) is 9.80 Å². The van der Waals surface area contributed by atoms with Crippen LogP contribution in [0, 0.1) is 13.8 Å². The minimum Gasteiger partial charge on any atom is -0.334 e. The van der Waals surface area contributed by atoms with Crippen molar-refractivity contribution >= 4 is 44.3 Å².